The fourth-order valence-corrected chi connectivity index (χ4v) is 1.26. The van der Waals surface area contributed by atoms with Crippen LogP contribution in [0.1, 0.15) is 18.9 Å². The standard InChI is InChI=1S/C14H17NO3/c1-11(18-2)14(17)15-13-9-4-3-7-12(13)8-5-6-10-16/h3-4,7,9,11,16H,6,10H2,1-2H3,(H,15,17). The molecule has 0 saturated carbocycles. The number of methoxy groups -OCH3 is 1. The molecule has 0 aliphatic rings. The third kappa shape index (κ3) is 4.21. The van der Waals surface area contributed by atoms with Gasteiger partial charge in [0.1, 0.15) is 6.10 Å². The molecule has 0 aliphatic heterocycles. The van der Waals surface area contributed by atoms with Crippen LogP contribution in [-0.4, -0.2) is 30.8 Å². The first-order valence-electron chi connectivity index (χ1n) is 5.71. The molecule has 0 spiro atoms. The van der Waals surface area contributed by atoms with Crippen LogP contribution in [-0.2, 0) is 9.53 Å². The molecule has 1 amide bonds. The van der Waals surface area contributed by atoms with Crippen molar-refractivity contribution in [3.63, 3.8) is 0 Å². The molecule has 1 unspecified atom stereocenters. The summed E-state index contributed by atoms with van der Waals surface area (Å²) in [7, 11) is 1.48. The van der Waals surface area contributed by atoms with E-state index >= 15 is 0 Å². The first-order valence-corrected chi connectivity index (χ1v) is 5.71. The van der Waals surface area contributed by atoms with Gasteiger partial charge in [-0.2, -0.15) is 0 Å². The Morgan fingerprint density at radius 2 is 2.22 bits per heavy atom. The molecule has 18 heavy (non-hydrogen) atoms. The van der Waals surface area contributed by atoms with Gasteiger partial charge in [-0.05, 0) is 19.1 Å². The van der Waals surface area contributed by atoms with Gasteiger partial charge in [0.05, 0.1) is 12.3 Å². The molecule has 1 atom stereocenters. The van der Waals surface area contributed by atoms with E-state index in [0.717, 1.165) is 5.56 Å². The molecule has 1 aromatic carbocycles. The van der Waals surface area contributed by atoms with Crippen LogP contribution in [0.15, 0.2) is 24.3 Å². The number of aliphatic hydroxyl groups excluding tert-OH is 1. The smallest absolute Gasteiger partial charge is 0.253 e. The number of para-hydroxylation sites is 1. The number of rotatable bonds is 4. The van der Waals surface area contributed by atoms with Gasteiger partial charge >= 0.3 is 0 Å². The van der Waals surface area contributed by atoms with Crippen molar-refractivity contribution in [2.75, 3.05) is 19.0 Å². The number of ether oxygens (including phenoxy) is 1. The van der Waals surface area contributed by atoms with Crippen molar-refractivity contribution in [2.45, 2.75) is 19.4 Å². The van der Waals surface area contributed by atoms with E-state index in [2.05, 4.69) is 17.2 Å². The van der Waals surface area contributed by atoms with Gasteiger partial charge in [-0.1, -0.05) is 24.0 Å². The van der Waals surface area contributed by atoms with E-state index in [0.29, 0.717) is 12.1 Å². The molecular formula is C14H17NO3. The number of hydrogen-bond acceptors (Lipinski definition) is 3. The maximum atomic E-state index is 11.7. The van der Waals surface area contributed by atoms with E-state index in [1.54, 1.807) is 13.0 Å². The number of amides is 1. The number of carbonyl (C=O) groups is 1. The Kier molecular flexibility index (Phi) is 5.92. The molecule has 0 radical (unpaired) electrons. The lowest BCUT2D eigenvalue weighted by atomic mass is 10.1. The Morgan fingerprint density at radius 1 is 1.50 bits per heavy atom. The topological polar surface area (TPSA) is 58.6 Å². The number of aliphatic hydroxyl groups is 1. The van der Waals surface area contributed by atoms with Gasteiger partial charge in [0.15, 0.2) is 0 Å². The molecule has 1 aromatic rings. The minimum atomic E-state index is -0.511. The molecule has 0 aromatic heterocycles. The second-order valence-electron chi connectivity index (χ2n) is 3.69. The van der Waals surface area contributed by atoms with Crippen LogP contribution in [0.3, 0.4) is 0 Å². The van der Waals surface area contributed by atoms with Gasteiger partial charge in [-0.3, -0.25) is 4.79 Å². The normalized spacial score (nSPS) is 11.3. The predicted molar refractivity (Wildman–Crippen MR) is 70.1 cm³/mol. The monoisotopic (exact) mass is 247 g/mol. The Hall–Kier alpha value is -1.83. The number of benzene rings is 1. The third-order valence-electron chi connectivity index (χ3n) is 2.37. The lowest BCUT2D eigenvalue weighted by Gasteiger charge is -2.11. The summed E-state index contributed by atoms with van der Waals surface area (Å²) in [5, 5.41) is 11.4. The minimum Gasteiger partial charge on any atom is -0.395 e. The van der Waals surface area contributed by atoms with Crippen molar-refractivity contribution in [1.29, 1.82) is 0 Å². The lowest BCUT2D eigenvalue weighted by Crippen LogP contribution is -2.26. The number of nitrogens with one attached hydrogen (secondary N) is 1. The zero-order chi connectivity index (χ0) is 13.4. The van der Waals surface area contributed by atoms with E-state index in [9.17, 15) is 4.79 Å². The van der Waals surface area contributed by atoms with Crippen molar-refractivity contribution in [2.24, 2.45) is 0 Å². The zero-order valence-electron chi connectivity index (χ0n) is 10.6. The van der Waals surface area contributed by atoms with E-state index in [-0.39, 0.29) is 12.5 Å². The molecule has 2 N–H and O–H groups in total. The molecular weight excluding hydrogens is 230 g/mol. The molecule has 0 fully saturated rings. The predicted octanol–water partition coefficient (Wildman–Crippen LogP) is 1.39. The summed E-state index contributed by atoms with van der Waals surface area (Å²) in [5.41, 5.74) is 1.37. The Labute approximate surface area is 107 Å². The summed E-state index contributed by atoms with van der Waals surface area (Å²) in [5.74, 6) is 5.52. The Bertz CT molecular complexity index is 460. The second kappa shape index (κ2) is 7.49. The summed E-state index contributed by atoms with van der Waals surface area (Å²) < 4.78 is 4.94. The molecule has 4 heteroatoms. The molecule has 96 valence electrons. The Balaban J connectivity index is 2.83. The highest BCUT2D eigenvalue weighted by molar-refractivity contribution is 5.95. The van der Waals surface area contributed by atoms with Crippen molar-refractivity contribution < 1.29 is 14.6 Å². The Morgan fingerprint density at radius 3 is 2.89 bits per heavy atom. The average Bonchev–Trinajstić information content (AvgIpc) is 2.40. The maximum Gasteiger partial charge on any atom is 0.253 e. The zero-order valence-corrected chi connectivity index (χ0v) is 10.6. The molecule has 0 aliphatic carbocycles. The summed E-state index contributed by atoms with van der Waals surface area (Å²) in [6.07, 6.45) is -0.0972. The van der Waals surface area contributed by atoms with Crippen LogP contribution < -0.4 is 5.32 Å². The molecule has 1 rings (SSSR count). The van der Waals surface area contributed by atoms with E-state index in [1.807, 2.05) is 18.2 Å². The largest absolute Gasteiger partial charge is 0.395 e. The lowest BCUT2D eigenvalue weighted by molar-refractivity contribution is -0.124. The third-order valence-corrected chi connectivity index (χ3v) is 2.37. The fourth-order valence-electron chi connectivity index (χ4n) is 1.26. The number of anilines is 1. The highest BCUT2D eigenvalue weighted by atomic mass is 16.5. The highest BCUT2D eigenvalue weighted by Crippen LogP contribution is 2.14. The van der Waals surface area contributed by atoms with Crippen molar-refractivity contribution >= 4 is 11.6 Å². The van der Waals surface area contributed by atoms with Crippen molar-refractivity contribution in [3.8, 4) is 11.8 Å². The summed E-state index contributed by atoms with van der Waals surface area (Å²) >= 11 is 0. The van der Waals surface area contributed by atoms with Crippen LogP contribution in [0, 0.1) is 11.8 Å². The van der Waals surface area contributed by atoms with Crippen LogP contribution in [0.25, 0.3) is 0 Å². The van der Waals surface area contributed by atoms with E-state index in [4.69, 9.17) is 9.84 Å². The van der Waals surface area contributed by atoms with Crippen molar-refractivity contribution in [1.82, 2.24) is 0 Å². The number of hydrogen-bond donors (Lipinski definition) is 2. The first-order chi connectivity index (χ1) is 8.69. The van der Waals surface area contributed by atoms with Gasteiger partial charge in [0.25, 0.3) is 5.91 Å². The van der Waals surface area contributed by atoms with Gasteiger partial charge in [-0.25, -0.2) is 0 Å². The van der Waals surface area contributed by atoms with Gasteiger partial charge in [0.2, 0.25) is 0 Å². The summed E-state index contributed by atoms with van der Waals surface area (Å²) in [6.45, 7) is 1.71. The molecule has 0 saturated heterocycles. The molecule has 0 heterocycles. The fraction of sp³-hybridized carbons (Fsp3) is 0.357. The maximum absolute atomic E-state index is 11.7. The quantitative estimate of drug-likeness (QED) is 0.791. The van der Waals surface area contributed by atoms with Crippen molar-refractivity contribution in [3.05, 3.63) is 29.8 Å². The van der Waals surface area contributed by atoms with Crippen LogP contribution >= 0.6 is 0 Å². The van der Waals surface area contributed by atoms with Gasteiger partial charge < -0.3 is 15.2 Å². The SMILES string of the molecule is COC(C)C(=O)Nc1ccccc1C#CCCO. The average molecular weight is 247 g/mol. The minimum absolute atomic E-state index is 0.0300. The molecule has 0 bridgehead atoms. The van der Waals surface area contributed by atoms with Crippen LogP contribution in [0.5, 0.6) is 0 Å². The van der Waals surface area contributed by atoms with E-state index < -0.39 is 6.10 Å². The highest BCUT2D eigenvalue weighted by Gasteiger charge is 2.12. The van der Waals surface area contributed by atoms with Gasteiger partial charge in [-0.15, -0.1) is 0 Å². The van der Waals surface area contributed by atoms with Gasteiger partial charge in [0, 0.05) is 19.1 Å². The van der Waals surface area contributed by atoms with Crippen LogP contribution in [0.4, 0.5) is 5.69 Å². The summed E-state index contributed by atoms with van der Waals surface area (Å²) in [6, 6.07) is 7.27. The first kappa shape index (κ1) is 14.2. The number of carbonyl (C=O) groups excluding carboxylic acids is 1. The summed E-state index contributed by atoms with van der Waals surface area (Å²) in [4.78, 5) is 11.7. The van der Waals surface area contributed by atoms with Crippen LogP contribution in [0.2, 0.25) is 0 Å². The second-order valence-corrected chi connectivity index (χ2v) is 3.69. The molecule has 4 nitrogen and oxygen atoms in total. The van der Waals surface area contributed by atoms with E-state index in [1.165, 1.54) is 7.11 Å².